The summed E-state index contributed by atoms with van der Waals surface area (Å²) in [6.45, 7) is 8.12. The molecule has 0 unspecified atom stereocenters. The Balaban J connectivity index is 2.29. The Bertz CT molecular complexity index is 574. The van der Waals surface area contributed by atoms with Crippen LogP contribution in [0.25, 0.3) is 0 Å². The van der Waals surface area contributed by atoms with E-state index in [1.54, 1.807) is 6.20 Å². The molecule has 2 N–H and O–H groups in total. The Morgan fingerprint density at radius 1 is 1.05 bits per heavy atom. The van der Waals surface area contributed by atoms with Gasteiger partial charge in [-0.15, -0.1) is 0 Å². The number of ether oxygens (including phenoxy) is 1. The number of hydrogen-bond acceptors (Lipinski definition) is 3. The minimum absolute atomic E-state index is 0.0102. The first-order valence-electron chi connectivity index (χ1n) is 6.45. The van der Waals surface area contributed by atoms with Crippen LogP contribution in [0.3, 0.4) is 0 Å². The van der Waals surface area contributed by atoms with Crippen LogP contribution in [0.15, 0.2) is 30.5 Å². The molecular weight excluding hydrogens is 236 g/mol. The number of rotatable bonds is 3. The minimum Gasteiger partial charge on any atom is -0.438 e. The summed E-state index contributed by atoms with van der Waals surface area (Å²) in [4.78, 5) is 4.30. The van der Waals surface area contributed by atoms with Crippen LogP contribution in [-0.4, -0.2) is 4.98 Å². The molecule has 0 aliphatic rings. The second kappa shape index (κ2) is 5.41. The second-order valence-electron chi connectivity index (χ2n) is 4.97. The first kappa shape index (κ1) is 13.6. The molecule has 0 aliphatic heterocycles. The highest BCUT2D eigenvalue weighted by Gasteiger charge is 2.08. The molecule has 100 valence electrons. The van der Waals surface area contributed by atoms with Crippen LogP contribution in [0.5, 0.6) is 11.6 Å². The average Bonchev–Trinajstić information content (AvgIpc) is 2.40. The summed E-state index contributed by atoms with van der Waals surface area (Å²) in [7, 11) is 0. The van der Waals surface area contributed by atoms with E-state index < -0.39 is 0 Å². The number of aromatic nitrogens is 1. The topological polar surface area (TPSA) is 48.1 Å². The summed E-state index contributed by atoms with van der Waals surface area (Å²) in [6.07, 6.45) is 1.76. The van der Waals surface area contributed by atoms with Crippen LogP contribution < -0.4 is 10.5 Å². The lowest BCUT2D eigenvalue weighted by Gasteiger charge is -2.13. The summed E-state index contributed by atoms with van der Waals surface area (Å²) in [5.74, 6) is 1.49. The van der Waals surface area contributed by atoms with Crippen LogP contribution in [0.2, 0.25) is 0 Å². The fraction of sp³-hybridized carbons (Fsp3) is 0.312. The average molecular weight is 256 g/mol. The van der Waals surface area contributed by atoms with Gasteiger partial charge in [0.15, 0.2) is 0 Å². The van der Waals surface area contributed by atoms with Gasteiger partial charge in [0.05, 0.1) is 0 Å². The van der Waals surface area contributed by atoms with Crippen molar-refractivity contribution in [1.82, 2.24) is 4.98 Å². The zero-order valence-electron chi connectivity index (χ0n) is 11.9. The lowest BCUT2D eigenvalue weighted by atomic mass is 10.1. The lowest BCUT2D eigenvalue weighted by Crippen LogP contribution is -2.05. The van der Waals surface area contributed by atoms with Crippen LogP contribution in [0, 0.1) is 20.8 Å². The molecule has 19 heavy (non-hydrogen) atoms. The molecule has 0 fully saturated rings. The van der Waals surface area contributed by atoms with Gasteiger partial charge >= 0.3 is 0 Å². The minimum atomic E-state index is -0.0102. The van der Waals surface area contributed by atoms with Gasteiger partial charge in [0.25, 0.3) is 0 Å². The van der Waals surface area contributed by atoms with Gasteiger partial charge in [0.1, 0.15) is 5.75 Å². The first-order valence-corrected chi connectivity index (χ1v) is 6.45. The molecule has 0 aliphatic carbocycles. The summed E-state index contributed by atoms with van der Waals surface area (Å²) < 4.78 is 5.90. The quantitative estimate of drug-likeness (QED) is 0.908. The number of hydrogen-bond donors (Lipinski definition) is 1. The molecule has 0 spiro atoms. The highest BCUT2D eigenvalue weighted by Crippen LogP contribution is 2.29. The maximum atomic E-state index is 5.90. The van der Waals surface area contributed by atoms with Crippen molar-refractivity contribution in [3.8, 4) is 11.6 Å². The van der Waals surface area contributed by atoms with Crippen molar-refractivity contribution >= 4 is 0 Å². The molecule has 2 rings (SSSR count). The van der Waals surface area contributed by atoms with Crippen molar-refractivity contribution in [3.63, 3.8) is 0 Å². The summed E-state index contributed by atoms with van der Waals surface area (Å²) in [5.41, 5.74) is 10.3. The molecule has 3 nitrogen and oxygen atoms in total. The molecule has 3 heteroatoms. The number of pyridine rings is 1. The van der Waals surface area contributed by atoms with Crippen LogP contribution in [0.4, 0.5) is 0 Å². The fourth-order valence-electron chi connectivity index (χ4n) is 1.91. The molecule has 0 saturated heterocycles. The van der Waals surface area contributed by atoms with Gasteiger partial charge in [0, 0.05) is 18.3 Å². The van der Waals surface area contributed by atoms with Gasteiger partial charge in [-0.2, -0.15) is 0 Å². The summed E-state index contributed by atoms with van der Waals surface area (Å²) in [5, 5.41) is 0. The maximum absolute atomic E-state index is 5.90. The fourth-order valence-corrected chi connectivity index (χ4v) is 1.91. The van der Waals surface area contributed by atoms with Gasteiger partial charge in [0.2, 0.25) is 5.88 Å². The predicted molar refractivity (Wildman–Crippen MR) is 77.6 cm³/mol. The monoisotopic (exact) mass is 256 g/mol. The SMILES string of the molecule is Cc1ccc(C)c(Oc2ccc([C@H](C)N)cn2)c1C. The Kier molecular flexibility index (Phi) is 3.86. The maximum Gasteiger partial charge on any atom is 0.219 e. The van der Waals surface area contributed by atoms with Crippen molar-refractivity contribution < 1.29 is 4.74 Å². The second-order valence-corrected chi connectivity index (χ2v) is 4.97. The van der Waals surface area contributed by atoms with Gasteiger partial charge in [-0.25, -0.2) is 4.98 Å². The third-order valence-electron chi connectivity index (χ3n) is 3.37. The molecule has 1 aromatic carbocycles. The zero-order valence-corrected chi connectivity index (χ0v) is 11.9. The molecule has 0 radical (unpaired) electrons. The van der Waals surface area contributed by atoms with E-state index in [0.29, 0.717) is 5.88 Å². The van der Waals surface area contributed by atoms with E-state index in [4.69, 9.17) is 10.5 Å². The van der Waals surface area contributed by atoms with E-state index in [1.165, 1.54) is 5.56 Å². The van der Waals surface area contributed by atoms with E-state index in [-0.39, 0.29) is 6.04 Å². The highest BCUT2D eigenvalue weighted by atomic mass is 16.5. The largest absolute Gasteiger partial charge is 0.438 e. The molecule has 1 heterocycles. The standard InChI is InChI=1S/C16H20N2O/c1-10-5-6-11(2)16(12(10)3)19-15-8-7-14(9-18-15)13(4)17/h5-9,13H,17H2,1-4H3/t13-/m0/s1. The smallest absolute Gasteiger partial charge is 0.219 e. The number of nitrogens with zero attached hydrogens (tertiary/aromatic N) is 1. The highest BCUT2D eigenvalue weighted by molar-refractivity contribution is 5.46. The molecular formula is C16H20N2O. The van der Waals surface area contributed by atoms with E-state index in [1.807, 2.05) is 26.0 Å². The van der Waals surface area contributed by atoms with Gasteiger partial charge in [-0.3, -0.25) is 0 Å². The number of nitrogens with two attached hydrogens (primary N) is 1. The van der Waals surface area contributed by atoms with Gasteiger partial charge < -0.3 is 10.5 Å². The molecule has 1 atom stereocenters. The Morgan fingerprint density at radius 3 is 2.32 bits per heavy atom. The normalized spacial score (nSPS) is 12.3. The van der Waals surface area contributed by atoms with E-state index in [2.05, 4.69) is 31.0 Å². The molecule has 2 aromatic rings. The van der Waals surface area contributed by atoms with Gasteiger partial charge in [-0.1, -0.05) is 18.2 Å². The van der Waals surface area contributed by atoms with Crippen LogP contribution >= 0.6 is 0 Å². The van der Waals surface area contributed by atoms with Gasteiger partial charge in [-0.05, 0) is 49.9 Å². The van der Waals surface area contributed by atoms with Crippen molar-refractivity contribution in [3.05, 3.63) is 52.7 Å². The van der Waals surface area contributed by atoms with Crippen molar-refractivity contribution in [2.75, 3.05) is 0 Å². The Labute approximate surface area is 114 Å². The van der Waals surface area contributed by atoms with E-state index in [0.717, 1.165) is 22.4 Å². The Hall–Kier alpha value is -1.87. The zero-order chi connectivity index (χ0) is 14.0. The van der Waals surface area contributed by atoms with Crippen molar-refractivity contribution in [2.24, 2.45) is 5.73 Å². The van der Waals surface area contributed by atoms with Crippen LogP contribution in [0.1, 0.15) is 35.2 Å². The summed E-state index contributed by atoms with van der Waals surface area (Å²) in [6, 6.07) is 7.97. The molecule has 0 saturated carbocycles. The summed E-state index contributed by atoms with van der Waals surface area (Å²) >= 11 is 0. The van der Waals surface area contributed by atoms with E-state index in [9.17, 15) is 0 Å². The molecule has 0 bridgehead atoms. The number of aryl methyl sites for hydroxylation is 2. The first-order chi connectivity index (χ1) is 8.99. The third-order valence-corrected chi connectivity index (χ3v) is 3.37. The lowest BCUT2D eigenvalue weighted by molar-refractivity contribution is 0.455. The third kappa shape index (κ3) is 2.93. The Morgan fingerprint density at radius 2 is 1.74 bits per heavy atom. The van der Waals surface area contributed by atoms with Crippen molar-refractivity contribution in [1.29, 1.82) is 0 Å². The number of benzene rings is 1. The van der Waals surface area contributed by atoms with Crippen LogP contribution in [-0.2, 0) is 0 Å². The molecule has 0 amide bonds. The van der Waals surface area contributed by atoms with E-state index >= 15 is 0 Å². The molecule has 1 aromatic heterocycles. The predicted octanol–water partition coefficient (Wildman–Crippen LogP) is 3.82. The van der Waals surface area contributed by atoms with Crippen molar-refractivity contribution in [2.45, 2.75) is 33.7 Å².